The first kappa shape index (κ1) is 18.8. The van der Waals surface area contributed by atoms with E-state index in [9.17, 15) is 9.59 Å². The number of rotatable bonds is 4. The molecule has 0 spiro atoms. The van der Waals surface area contributed by atoms with Gasteiger partial charge in [0.05, 0.1) is 11.8 Å². The van der Waals surface area contributed by atoms with Gasteiger partial charge in [0.2, 0.25) is 0 Å². The number of aliphatic carboxylic acids is 1. The lowest BCUT2D eigenvalue weighted by atomic mass is 9.92. The second-order valence-corrected chi connectivity index (χ2v) is 9.28. The molecule has 5 aliphatic carbocycles. The third-order valence-electron chi connectivity index (χ3n) is 7.65. The lowest BCUT2D eigenvalue weighted by molar-refractivity contribution is -0.165. The van der Waals surface area contributed by atoms with Gasteiger partial charge in [0.25, 0.3) is 0 Å². The van der Waals surface area contributed by atoms with E-state index in [-0.39, 0.29) is 23.4 Å². The van der Waals surface area contributed by atoms with Gasteiger partial charge in [-0.1, -0.05) is 31.2 Å². The van der Waals surface area contributed by atoms with Crippen molar-refractivity contribution in [3.05, 3.63) is 24.3 Å². The number of esters is 1. The standard InChI is InChI=1S/C15H22O2.C8H10O2/c1-2-15(7-3-4-8-15)17-14(16)13-10-11-5-6-12(13)9-11;9-8(10)7-4-5-1-2-6(7)3-5/h5-6,11-13H,2-4,7-10H2,1H3;1-2,5-7H,3-4H2,(H,9,10). The van der Waals surface area contributed by atoms with Crippen LogP contribution in [0, 0.1) is 35.5 Å². The lowest BCUT2D eigenvalue weighted by Gasteiger charge is -2.30. The Morgan fingerprint density at radius 2 is 1.48 bits per heavy atom. The number of fused-ring (bicyclic) bond motifs is 4. The van der Waals surface area contributed by atoms with Crippen LogP contribution in [0.25, 0.3) is 0 Å². The second-order valence-electron chi connectivity index (χ2n) is 9.28. The van der Waals surface area contributed by atoms with Gasteiger partial charge in [0.15, 0.2) is 0 Å². The first-order valence-corrected chi connectivity index (χ1v) is 10.8. The molecule has 3 saturated carbocycles. The zero-order valence-electron chi connectivity index (χ0n) is 16.3. The molecule has 148 valence electrons. The van der Waals surface area contributed by atoms with Crippen LogP contribution >= 0.6 is 0 Å². The number of carbonyl (C=O) groups excluding carboxylic acids is 1. The van der Waals surface area contributed by atoms with E-state index in [0.717, 1.165) is 38.5 Å². The number of hydrogen-bond donors (Lipinski definition) is 1. The fraction of sp³-hybridized carbons (Fsp3) is 0.739. The molecule has 0 heterocycles. The Balaban J connectivity index is 0.000000153. The van der Waals surface area contributed by atoms with Crippen LogP contribution in [0.5, 0.6) is 0 Å². The topological polar surface area (TPSA) is 63.6 Å². The average molecular weight is 373 g/mol. The summed E-state index contributed by atoms with van der Waals surface area (Å²) >= 11 is 0. The molecule has 4 heteroatoms. The molecule has 0 aromatic heterocycles. The Bertz CT molecular complexity index is 643. The van der Waals surface area contributed by atoms with Gasteiger partial charge in [-0.25, -0.2) is 0 Å². The number of carboxylic acids is 1. The van der Waals surface area contributed by atoms with Crippen molar-refractivity contribution in [3.63, 3.8) is 0 Å². The molecule has 6 unspecified atom stereocenters. The highest BCUT2D eigenvalue weighted by Gasteiger charge is 2.44. The molecule has 0 aromatic carbocycles. The summed E-state index contributed by atoms with van der Waals surface area (Å²) in [5.41, 5.74) is -0.109. The molecular formula is C23H32O4. The molecule has 0 radical (unpaired) electrons. The Kier molecular flexibility index (Phi) is 5.17. The molecule has 6 atom stereocenters. The molecule has 1 N–H and O–H groups in total. The summed E-state index contributed by atoms with van der Waals surface area (Å²) < 4.78 is 5.91. The number of allylic oxidation sites excluding steroid dienone is 4. The Morgan fingerprint density at radius 3 is 1.85 bits per heavy atom. The van der Waals surface area contributed by atoms with E-state index < -0.39 is 5.97 Å². The quantitative estimate of drug-likeness (QED) is 0.571. The molecule has 0 aromatic rings. The smallest absolute Gasteiger partial charge is 0.310 e. The van der Waals surface area contributed by atoms with Crippen molar-refractivity contribution >= 4 is 11.9 Å². The van der Waals surface area contributed by atoms with E-state index in [1.807, 2.05) is 0 Å². The van der Waals surface area contributed by atoms with Gasteiger partial charge in [-0.2, -0.15) is 0 Å². The molecule has 5 aliphatic rings. The summed E-state index contributed by atoms with van der Waals surface area (Å²) in [6.45, 7) is 2.15. The number of hydrogen-bond acceptors (Lipinski definition) is 3. The first-order valence-electron chi connectivity index (χ1n) is 10.8. The van der Waals surface area contributed by atoms with E-state index in [1.165, 1.54) is 19.3 Å². The molecular weight excluding hydrogens is 340 g/mol. The van der Waals surface area contributed by atoms with E-state index >= 15 is 0 Å². The third-order valence-corrected chi connectivity index (χ3v) is 7.65. The predicted octanol–water partition coefficient (Wildman–Crippen LogP) is 4.75. The minimum atomic E-state index is -0.614. The van der Waals surface area contributed by atoms with Crippen LogP contribution in [0.15, 0.2) is 24.3 Å². The normalized spacial score (nSPS) is 39.4. The van der Waals surface area contributed by atoms with Crippen molar-refractivity contribution in [1.82, 2.24) is 0 Å². The number of ether oxygens (including phenoxy) is 1. The molecule has 5 rings (SSSR count). The first-order chi connectivity index (χ1) is 13.0. The lowest BCUT2D eigenvalue weighted by Crippen LogP contribution is -2.35. The minimum Gasteiger partial charge on any atom is -0.481 e. The van der Waals surface area contributed by atoms with Crippen LogP contribution in [0.4, 0.5) is 0 Å². The Hall–Kier alpha value is -1.58. The molecule has 0 aliphatic heterocycles. The van der Waals surface area contributed by atoms with Gasteiger partial charge < -0.3 is 9.84 Å². The number of carbonyl (C=O) groups is 2. The van der Waals surface area contributed by atoms with Crippen molar-refractivity contribution in [1.29, 1.82) is 0 Å². The van der Waals surface area contributed by atoms with Gasteiger partial charge in [-0.15, -0.1) is 0 Å². The van der Waals surface area contributed by atoms with E-state index in [1.54, 1.807) is 0 Å². The van der Waals surface area contributed by atoms with Gasteiger partial charge in [-0.3, -0.25) is 9.59 Å². The third kappa shape index (κ3) is 3.72. The highest BCUT2D eigenvalue weighted by atomic mass is 16.6. The second kappa shape index (κ2) is 7.44. The summed E-state index contributed by atoms with van der Waals surface area (Å²) in [5.74, 6) is 1.61. The maximum Gasteiger partial charge on any atom is 0.310 e. The monoisotopic (exact) mass is 372 g/mol. The van der Waals surface area contributed by atoms with Gasteiger partial charge in [0.1, 0.15) is 5.60 Å². The van der Waals surface area contributed by atoms with Gasteiger partial charge in [-0.05, 0) is 81.5 Å². The van der Waals surface area contributed by atoms with Crippen molar-refractivity contribution in [2.24, 2.45) is 35.5 Å². The van der Waals surface area contributed by atoms with Crippen molar-refractivity contribution < 1.29 is 19.4 Å². The zero-order valence-corrected chi connectivity index (χ0v) is 16.3. The van der Waals surface area contributed by atoms with Crippen molar-refractivity contribution in [2.75, 3.05) is 0 Å². The largest absolute Gasteiger partial charge is 0.481 e. The SMILES string of the molecule is CCC1(OC(=O)C2CC3C=CC2C3)CCCC1.O=C(O)C1CC2C=CC1C2. The van der Waals surface area contributed by atoms with Crippen LogP contribution in [0.1, 0.15) is 64.7 Å². The highest BCUT2D eigenvalue weighted by Crippen LogP contribution is 2.46. The van der Waals surface area contributed by atoms with Gasteiger partial charge >= 0.3 is 11.9 Å². The van der Waals surface area contributed by atoms with Crippen LogP contribution in [-0.4, -0.2) is 22.6 Å². The van der Waals surface area contributed by atoms with Crippen LogP contribution in [-0.2, 0) is 14.3 Å². The summed E-state index contributed by atoms with van der Waals surface area (Å²) in [7, 11) is 0. The van der Waals surface area contributed by atoms with E-state index in [2.05, 4.69) is 31.2 Å². The molecule has 0 saturated heterocycles. The summed E-state index contributed by atoms with van der Waals surface area (Å²) in [4.78, 5) is 22.9. The summed E-state index contributed by atoms with van der Waals surface area (Å²) in [6.07, 6.45) is 18.5. The maximum atomic E-state index is 12.3. The maximum absolute atomic E-state index is 12.3. The van der Waals surface area contributed by atoms with Crippen LogP contribution in [0.3, 0.4) is 0 Å². The average Bonchev–Trinajstić information content (AvgIpc) is 3.48. The molecule has 3 fully saturated rings. The molecule has 0 amide bonds. The molecule has 4 nitrogen and oxygen atoms in total. The van der Waals surface area contributed by atoms with E-state index in [4.69, 9.17) is 9.84 Å². The molecule has 4 bridgehead atoms. The fourth-order valence-corrected chi connectivity index (χ4v) is 5.95. The Morgan fingerprint density at radius 1 is 0.926 bits per heavy atom. The number of carboxylic acid groups (broad SMARTS) is 1. The predicted molar refractivity (Wildman–Crippen MR) is 103 cm³/mol. The van der Waals surface area contributed by atoms with E-state index in [0.29, 0.717) is 23.7 Å². The van der Waals surface area contributed by atoms with Crippen molar-refractivity contribution in [3.8, 4) is 0 Å². The zero-order chi connectivity index (χ0) is 19.0. The summed E-state index contributed by atoms with van der Waals surface area (Å²) in [5, 5.41) is 8.70. The van der Waals surface area contributed by atoms with Gasteiger partial charge in [0, 0.05) is 0 Å². The van der Waals surface area contributed by atoms with Crippen LogP contribution < -0.4 is 0 Å². The molecule has 27 heavy (non-hydrogen) atoms. The van der Waals surface area contributed by atoms with Crippen molar-refractivity contribution in [2.45, 2.75) is 70.3 Å². The minimum absolute atomic E-state index is 0.0741. The Labute approximate surface area is 162 Å². The van der Waals surface area contributed by atoms with Crippen LogP contribution in [0.2, 0.25) is 0 Å². The summed E-state index contributed by atoms with van der Waals surface area (Å²) in [6, 6.07) is 0. The highest BCUT2D eigenvalue weighted by molar-refractivity contribution is 5.74. The fourth-order valence-electron chi connectivity index (χ4n) is 5.95.